The Bertz CT molecular complexity index is 1460. The predicted octanol–water partition coefficient (Wildman–Crippen LogP) is 6.19. The van der Waals surface area contributed by atoms with Crippen molar-refractivity contribution >= 4 is 51.7 Å². The van der Waals surface area contributed by atoms with Gasteiger partial charge in [0.25, 0.3) is 5.92 Å². The zero-order chi connectivity index (χ0) is 29.3. The van der Waals surface area contributed by atoms with Crippen LogP contribution in [-0.4, -0.2) is 66.2 Å². The topological polar surface area (TPSA) is 107 Å². The minimum absolute atomic E-state index is 0.0103. The molecule has 3 aromatic rings. The highest BCUT2D eigenvalue weighted by Crippen LogP contribution is 2.47. The van der Waals surface area contributed by atoms with Crippen molar-refractivity contribution in [2.24, 2.45) is 5.92 Å². The largest absolute Gasteiger partial charge is 0.495 e. The molecule has 2 atom stereocenters. The van der Waals surface area contributed by atoms with Crippen LogP contribution in [0.5, 0.6) is 11.5 Å². The van der Waals surface area contributed by atoms with E-state index in [0.717, 1.165) is 0 Å². The molecule has 0 amide bonds. The quantitative estimate of drug-likeness (QED) is 0.261. The van der Waals surface area contributed by atoms with E-state index in [2.05, 4.69) is 27.2 Å². The maximum absolute atomic E-state index is 13.7. The predicted molar refractivity (Wildman–Crippen MR) is 154 cm³/mol. The molecule has 0 bridgehead atoms. The lowest BCUT2D eigenvalue weighted by molar-refractivity contribution is -0.116. The molecule has 0 spiro atoms. The van der Waals surface area contributed by atoms with Crippen LogP contribution < -0.4 is 20.1 Å². The summed E-state index contributed by atoms with van der Waals surface area (Å²) in [5.74, 6) is -1.55. The van der Waals surface area contributed by atoms with Crippen LogP contribution in [0, 0.1) is 5.92 Å². The normalized spacial score (nSPS) is 20.2. The molecular weight excluding hydrogens is 579 g/mol. The second-order valence-corrected chi connectivity index (χ2v) is 10.9. The van der Waals surface area contributed by atoms with E-state index in [1.165, 1.54) is 20.3 Å². The molecule has 9 nitrogen and oxygen atoms in total. The molecule has 2 aromatic heterocycles. The summed E-state index contributed by atoms with van der Waals surface area (Å²) in [5.41, 5.74) is 1.12. The number of ketones is 1. The number of nitrogens with one attached hydrogen (secondary N) is 2. The molecule has 2 N–H and O–H groups in total. The third-order valence-corrected chi connectivity index (χ3v) is 8.08. The Morgan fingerprint density at radius 3 is 2.51 bits per heavy atom. The van der Waals surface area contributed by atoms with Crippen molar-refractivity contribution in [3.05, 3.63) is 41.0 Å². The van der Waals surface area contributed by atoms with Gasteiger partial charge in [0, 0.05) is 55.1 Å². The van der Waals surface area contributed by atoms with Gasteiger partial charge in [-0.2, -0.15) is 0 Å². The number of ether oxygens (including phenoxy) is 3. The SMILES string of the molecule is C=CC(=O)C[C@H]1CCOC[C@H]1Nc1ncc2cc(-c3c(Cl)c(OC)cc(OC)c3Cl)nc(NC3CC(F)(F)C3)c2n1. The van der Waals surface area contributed by atoms with Crippen molar-refractivity contribution < 1.29 is 27.8 Å². The molecule has 3 heterocycles. The highest BCUT2D eigenvalue weighted by molar-refractivity contribution is 6.41. The Labute approximate surface area is 245 Å². The molecule has 218 valence electrons. The first-order chi connectivity index (χ1) is 19.6. The summed E-state index contributed by atoms with van der Waals surface area (Å²) >= 11 is 13.3. The van der Waals surface area contributed by atoms with Crippen LogP contribution in [0.2, 0.25) is 10.0 Å². The number of carbonyl (C=O) groups is 1. The number of hydrogen-bond acceptors (Lipinski definition) is 9. The van der Waals surface area contributed by atoms with Crippen molar-refractivity contribution in [3.63, 3.8) is 0 Å². The Morgan fingerprint density at radius 1 is 1.17 bits per heavy atom. The molecule has 41 heavy (non-hydrogen) atoms. The van der Waals surface area contributed by atoms with Gasteiger partial charge in [0.2, 0.25) is 5.95 Å². The van der Waals surface area contributed by atoms with Crippen LogP contribution in [0.25, 0.3) is 22.2 Å². The number of allylic oxidation sites excluding steroid dienone is 1. The second-order valence-electron chi connectivity index (χ2n) is 10.1. The van der Waals surface area contributed by atoms with Crippen LogP contribution in [0.4, 0.5) is 20.5 Å². The number of hydrogen-bond donors (Lipinski definition) is 2. The number of nitrogens with zero attached hydrogens (tertiary/aromatic N) is 3. The first kappa shape index (κ1) is 29.2. The molecule has 1 saturated heterocycles. The van der Waals surface area contributed by atoms with Gasteiger partial charge in [-0.3, -0.25) is 4.79 Å². The average molecular weight is 608 g/mol. The zero-order valence-electron chi connectivity index (χ0n) is 22.5. The Kier molecular flexibility index (Phi) is 8.49. The lowest BCUT2D eigenvalue weighted by Crippen LogP contribution is -2.44. The number of fused-ring (bicyclic) bond motifs is 1. The Morgan fingerprint density at radius 2 is 1.88 bits per heavy atom. The molecule has 2 aliphatic rings. The lowest BCUT2D eigenvalue weighted by atomic mass is 9.88. The standard InChI is InChI=1S/C28H29Cl2F2N5O4/c1-4-17(38)7-14-5-6-41-13-19(14)36-27-33-12-15-8-18(22-23(29)20(39-2)9-21(40-3)24(22)30)35-26(25(15)37-27)34-16-10-28(31,32)11-16/h4,8-9,12,14,16,19H,1,5-7,10-11,13H2,2-3H3,(H,34,35)(H,33,36,37)/t14-,19-/m1/s1. The van der Waals surface area contributed by atoms with Crippen LogP contribution >= 0.6 is 23.2 Å². The molecule has 2 fully saturated rings. The fraction of sp³-hybridized carbons (Fsp3) is 0.429. The van der Waals surface area contributed by atoms with Crippen molar-refractivity contribution in [1.29, 1.82) is 0 Å². The van der Waals surface area contributed by atoms with Crippen molar-refractivity contribution in [1.82, 2.24) is 15.0 Å². The maximum atomic E-state index is 13.7. The third kappa shape index (κ3) is 6.17. The zero-order valence-corrected chi connectivity index (χ0v) is 24.0. The minimum Gasteiger partial charge on any atom is -0.495 e. The molecule has 0 unspecified atom stereocenters. The van der Waals surface area contributed by atoms with E-state index in [-0.39, 0.29) is 46.4 Å². The number of halogens is 4. The van der Waals surface area contributed by atoms with E-state index < -0.39 is 12.0 Å². The van der Waals surface area contributed by atoms with Gasteiger partial charge in [0.1, 0.15) is 17.0 Å². The van der Waals surface area contributed by atoms with Crippen LogP contribution in [0.1, 0.15) is 25.7 Å². The van der Waals surface area contributed by atoms with Crippen molar-refractivity contribution in [3.8, 4) is 22.8 Å². The minimum atomic E-state index is -2.74. The molecule has 1 aliphatic carbocycles. The number of methoxy groups -OCH3 is 2. The number of rotatable bonds is 10. The van der Waals surface area contributed by atoms with Gasteiger partial charge in [-0.05, 0) is 24.5 Å². The van der Waals surface area contributed by atoms with E-state index >= 15 is 0 Å². The molecule has 5 rings (SSSR count). The second kappa shape index (κ2) is 11.9. The first-order valence-electron chi connectivity index (χ1n) is 13.0. The number of aromatic nitrogens is 3. The summed E-state index contributed by atoms with van der Waals surface area (Å²) in [7, 11) is 2.93. The fourth-order valence-corrected chi connectivity index (χ4v) is 5.79. The Balaban J connectivity index is 1.56. The average Bonchev–Trinajstić information content (AvgIpc) is 2.93. The van der Waals surface area contributed by atoms with Crippen LogP contribution in [0.3, 0.4) is 0 Å². The molecule has 1 aliphatic heterocycles. The fourth-order valence-electron chi connectivity index (χ4n) is 5.10. The summed E-state index contributed by atoms with van der Waals surface area (Å²) < 4.78 is 43.8. The van der Waals surface area contributed by atoms with Gasteiger partial charge >= 0.3 is 0 Å². The van der Waals surface area contributed by atoms with Gasteiger partial charge in [0.15, 0.2) is 11.6 Å². The number of alkyl halides is 2. The highest BCUT2D eigenvalue weighted by atomic mass is 35.5. The van der Waals surface area contributed by atoms with E-state index in [0.29, 0.717) is 65.7 Å². The molecular formula is C28H29Cl2F2N5O4. The van der Waals surface area contributed by atoms with E-state index in [4.69, 9.17) is 42.4 Å². The van der Waals surface area contributed by atoms with Gasteiger partial charge in [-0.25, -0.2) is 23.7 Å². The van der Waals surface area contributed by atoms with Crippen molar-refractivity contribution in [2.45, 2.75) is 43.7 Å². The van der Waals surface area contributed by atoms with Crippen molar-refractivity contribution in [2.75, 3.05) is 38.1 Å². The summed E-state index contributed by atoms with van der Waals surface area (Å²) in [6.45, 7) is 4.50. The number of benzene rings is 1. The Hall–Kier alpha value is -3.28. The van der Waals surface area contributed by atoms with E-state index in [1.54, 1.807) is 18.3 Å². The summed E-state index contributed by atoms with van der Waals surface area (Å²) in [5, 5.41) is 7.40. The maximum Gasteiger partial charge on any atom is 0.252 e. The molecule has 13 heteroatoms. The number of anilines is 2. The number of pyridine rings is 1. The van der Waals surface area contributed by atoms with Crippen LogP contribution in [0.15, 0.2) is 31.0 Å². The molecule has 0 radical (unpaired) electrons. The van der Waals surface area contributed by atoms with E-state index in [1.807, 2.05) is 0 Å². The smallest absolute Gasteiger partial charge is 0.252 e. The summed E-state index contributed by atoms with van der Waals surface area (Å²) in [6, 6.07) is 2.56. The number of carbonyl (C=O) groups excluding carboxylic acids is 1. The van der Waals surface area contributed by atoms with E-state index in [9.17, 15) is 13.6 Å². The van der Waals surface area contributed by atoms with Gasteiger partial charge < -0.3 is 24.8 Å². The lowest BCUT2D eigenvalue weighted by Gasteiger charge is -2.35. The highest BCUT2D eigenvalue weighted by Gasteiger charge is 2.45. The van der Waals surface area contributed by atoms with Crippen LogP contribution in [-0.2, 0) is 9.53 Å². The molecule has 1 aromatic carbocycles. The third-order valence-electron chi connectivity index (χ3n) is 7.33. The first-order valence-corrected chi connectivity index (χ1v) is 13.8. The summed E-state index contributed by atoms with van der Waals surface area (Å²) in [4.78, 5) is 25.9. The monoisotopic (exact) mass is 607 g/mol. The molecule has 1 saturated carbocycles. The summed E-state index contributed by atoms with van der Waals surface area (Å²) in [6.07, 6.45) is 3.29. The van der Waals surface area contributed by atoms with Gasteiger partial charge in [-0.15, -0.1) is 0 Å². The van der Waals surface area contributed by atoms with Gasteiger partial charge in [-0.1, -0.05) is 29.8 Å². The van der Waals surface area contributed by atoms with Gasteiger partial charge in [0.05, 0.1) is 42.6 Å².